The lowest BCUT2D eigenvalue weighted by molar-refractivity contribution is 0.610. The van der Waals surface area contributed by atoms with Crippen LogP contribution in [0.3, 0.4) is 0 Å². The first-order valence-electron chi connectivity index (χ1n) is 4.97. The van der Waals surface area contributed by atoms with Crippen molar-refractivity contribution in [3.8, 4) is 6.07 Å². The number of hydrogen-bond acceptors (Lipinski definition) is 6. The van der Waals surface area contributed by atoms with Crippen molar-refractivity contribution in [2.75, 3.05) is 10.8 Å². The largest absolute Gasteiger partial charge is 0.233 e. The highest BCUT2D eigenvalue weighted by Crippen LogP contribution is 2.21. The van der Waals surface area contributed by atoms with Gasteiger partial charge in [-0.1, -0.05) is 18.7 Å². The topological polar surface area (TPSA) is 63.5 Å². The summed E-state index contributed by atoms with van der Waals surface area (Å²) in [6.45, 7) is 2.00. The van der Waals surface area contributed by atoms with Crippen molar-refractivity contribution in [3.05, 3.63) is 29.6 Å². The molecule has 1 aliphatic rings. The second-order valence-electron chi connectivity index (χ2n) is 3.16. The Morgan fingerprint density at radius 2 is 2.41 bits per heavy atom. The summed E-state index contributed by atoms with van der Waals surface area (Å²) < 4.78 is 13.5. The summed E-state index contributed by atoms with van der Waals surface area (Å²) in [4.78, 5) is 0. The van der Waals surface area contributed by atoms with Crippen LogP contribution in [0.4, 0.5) is 10.1 Å². The Bertz CT molecular complexity index is 496. The number of halogens is 1. The number of benzene rings is 1. The Morgan fingerprint density at radius 3 is 3.06 bits per heavy atom. The molecular formula is C10H10FN5S. The summed E-state index contributed by atoms with van der Waals surface area (Å²) >= 11 is 1.52. The van der Waals surface area contributed by atoms with Crippen LogP contribution in [0.15, 0.2) is 23.3 Å². The van der Waals surface area contributed by atoms with Crippen LogP contribution >= 0.6 is 11.8 Å². The molecule has 0 unspecified atom stereocenters. The van der Waals surface area contributed by atoms with Crippen molar-refractivity contribution in [2.45, 2.75) is 6.92 Å². The average molecular weight is 251 g/mol. The molecule has 1 aliphatic heterocycles. The number of nitriles is 1. The van der Waals surface area contributed by atoms with Crippen molar-refractivity contribution < 1.29 is 4.39 Å². The lowest BCUT2D eigenvalue weighted by Crippen LogP contribution is -2.40. The number of nitrogens with one attached hydrogen (secondary N) is 2. The van der Waals surface area contributed by atoms with E-state index in [-0.39, 0.29) is 5.56 Å². The number of hydrogen-bond donors (Lipinski definition) is 2. The summed E-state index contributed by atoms with van der Waals surface area (Å²) in [6.07, 6.45) is 0. The summed E-state index contributed by atoms with van der Waals surface area (Å²) in [5, 5.41) is 15.0. The highest BCUT2D eigenvalue weighted by atomic mass is 32.2. The third-order valence-electron chi connectivity index (χ3n) is 2.11. The van der Waals surface area contributed by atoms with E-state index in [0.717, 1.165) is 5.75 Å². The van der Waals surface area contributed by atoms with Crippen molar-refractivity contribution >= 4 is 22.6 Å². The van der Waals surface area contributed by atoms with Crippen molar-refractivity contribution in [1.82, 2.24) is 11.1 Å². The lowest BCUT2D eigenvalue weighted by Gasteiger charge is -2.18. The van der Waals surface area contributed by atoms with Gasteiger partial charge in [0.2, 0.25) is 5.17 Å². The first kappa shape index (κ1) is 11.7. The molecule has 0 spiro atoms. The molecule has 5 nitrogen and oxygen atoms in total. The fourth-order valence-electron chi connectivity index (χ4n) is 1.36. The molecule has 1 aromatic carbocycles. The molecule has 7 heteroatoms. The van der Waals surface area contributed by atoms with E-state index in [2.05, 4.69) is 16.2 Å². The van der Waals surface area contributed by atoms with E-state index < -0.39 is 5.82 Å². The molecule has 2 rings (SSSR count). The Morgan fingerprint density at radius 1 is 1.59 bits per heavy atom. The highest BCUT2D eigenvalue weighted by molar-refractivity contribution is 8.14. The maximum atomic E-state index is 13.5. The Balaban J connectivity index is 2.26. The van der Waals surface area contributed by atoms with Gasteiger partial charge >= 0.3 is 0 Å². The van der Waals surface area contributed by atoms with Crippen LogP contribution in [0.5, 0.6) is 0 Å². The summed E-state index contributed by atoms with van der Waals surface area (Å²) in [5.41, 5.74) is 6.01. The molecule has 0 aromatic heterocycles. The number of nitrogens with zero attached hydrogens (tertiary/aromatic N) is 3. The predicted molar refractivity (Wildman–Crippen MR) is 65.4 cm³/mol. The Labute approximate surface area is 102 Å². The number of thioether (sulfide) groups is 1. The zero-order valence-corrected chi connectivity index (χ0v) is 9.88. The third kappa shape index (κ3) is 2.33. The van der Waals surface area contributed by atoms with E-state index in [1.807, 2.05) is 6.92 Å². The van der Waals surface area contributed by atoms with Gasteiger partial charge in [0.05, 0.1) is 11.3 Å². The Hall–Kier alpha value is -1.78. The minimum atomic E-state index is -0.542. The van der Waals surface area contributed by atoms with Crippen LogP contribution < -0.4 is 16.1 Å². The minimum Gasteiger partial charge on any atom is -0.233 e. The number of anilines is 1. The molecule has 0 amide bonds. The maximum absolute atomic E-state index is 13.5. The van der Waals surface area contributed by atoms with Gasteiger partial charge in [-0.2, -0.15) is 5.26 Å². The van der Waals surface area contributed by atoms with Gasteiger partial charge in [-0.15, -0.1) is 10.6 Å². The first-order chi connectivity index (χ1) is 8.26. The standard InChI is InChI=1S/C10H10FN5S/c1-2-17-10-13-14-15-16(10)8-4-3-7(6-12)9(11)5-8/h3-5,14-15H,2H2,1H3. The van der Waals surface area contributed by atoms with E-state index >= 15 is 0 Å². The fourth-order valence-corrected chi connectivity index (χ4v) is 2.00. The third-order valence-corrected chi connectivity index (χ3v) is 2.93. The second kappa shape index (κ2) is 5.03. The normalized spacial score (nSPS) is 14.2. The molecule has 0 atom stereocenters. The van der Waals surface area contributed by atoms with Gasteiger partial charge in [-0.25, -0.2) is 14.9 Å². The Kier molecular flexibility index (Phi) is 3.46. The van der Waals surface area contributed by atoms with Gasteiger partial charge in [-0.05, 0) is 17.9 Å². The molecule has 0 radical (unpaired) electrons. The van der Waals surface area contributed by atoms with Crippen LogP contribution in [-0.2, 0) is 0 Å². The molecule has 1 heterocycles. The van der Waals surface area contributed by atoms with Gasteiger partial charge in [0, 0.05) is 6.07 Å². The van der Waals surface area contributed by atoms with Gasteiger partial charge in [-0.3, -0.25) is 0 Å². The fraction of sp³-hybridized carbons (Fsp3) is 0.200. The molecule has 17 heavy (non-hydrogen) atoms. The number of hydrazine groups is 2. The summed E-state index contributed by atoms with van der Waals surface area (Å²) in [5.74, 6) is 0.317. The van der Waals surface area contributed by atoms with Gasteiger partial charge in [0.25, 0.3) is 0 Å². The molecular weight excluding hydrogens is 241 g/mol. The minimum absolute atomic E-state index is 0.0301. The van der Waals surface area contributed by atoms with E-state index in [0.29, 0.717) is 10.9 Å². The average Bonchev–Trinajstić information content (AvgIpc) is 2.78. The second-order valence-corrected chi connectivity index (χ2v) is 4.39. The SMILES string of the molecule is CCSC1=NNNN1c1ccc(C#N)c(F)c1. The van der Waals surface area contributed by atoms with Crippen LogP contribution in [-0.4, -0.2) is 10.9 Å². The van der Waals surface area contributed by atoms with Crippen molar-refractivity contribution in [2.24, 2.45) is 5.10 Å². The monoisotopic (exact) mass is 251 g/mol. The predicted octanol–water partition coefficient (Wildman–Crippen LogP) is 1.55. The van der Waals surface area contributed by atoms with Gasteiger partial charge < -0.3 is 0 Å². The van der Waals surface area contributed by atoms with E-state index in [9.17, 15) is 4.39 Å². The smallest absolute Gasteiger partial charge is 0.205 e. The molecule has 0 fully saturated rings. The van der Waals surface area contributed by atoms with Crippen molar-refractivity contribution in [1.29, 1.82) is 5.26 Å². The number of hydrazone groups is 1. The van der Waals surface area contributed by atoms with E-state index in [1.165, 1.54) is 23.9 Å². The number of amidine groups is 1. The van der Waals surface area contributed by atoms with Gasteiger partial charge in [0.1, 0.15) is 11.9 Å². The molecule has 2 N–H and O–H groups in total. The van der Waals surface area contributed by atoms with Crippen molar-refractivity contribution in [3.63, 3.8) is 0 Å². The maximum Gasteiger partial charge on any atom is 0.205 e. The van der Waals surface area contributed by atoms with Crippen LogP contribution in [0.1, 0.15) is 12.5 Å². The zero-order valence-electron chi connectivity index (χ0n) is 9.07. The molecule has 88 valence electrons. The molecule has 0 aliphatic carbocycles. The first-order valence-corrected chi connectivity index (χ1v) is 5.95. The number of rotatable bonds is 2. The summed E-state index contributed by atoms with van der Waals surface area (Å²) in [6, 6.07) is 6.18. The molecule has 0 bridgehead atoms. The summed E-state index contributed by atoms with van der Waals surface area (Å²) in [7, 11) is 0. The van der Waals surface area contributed by atoms with Crippen LogP contribution in [0.25, 0.3) is 0 Å². The van der Waals surface area contributed by atoms with E-state index in [4.69, 9.17) is 5.26 Å². The van der Waals surface area contributed by atoms with Crippen LogP contribution in [0, 0.1) is 17.1 Å². The molecule has 0 saturated carbocycles. The highest BCUT2D eigenvalue weighted by Gasteiger charge is 2.19. The quantitative estimate of drug-likeness (QED) is 0.835. The zero-order chi connectivity index (χ0) is 12.3. The molecule has 1 aromatic rings. The van der Waals surface area contributed by atoms with Gasteiger partial charge in [0.15, 0.2) is 0 Å². The molecule has 0 saturated heterocycles. The van der Waals surface area contributed by atoms with Crippen LogP contribution in [0.2, 0.25) is 0 Å². The lowest BCUT2D eigenvalue weighted by atomic mass is 10.2. The van der Waals surface area contributed by atoms with E-state index in [1.54, 1.807) is 17.1 Å².